The SMILES string of the molecule is C=C(CCC1CCO1)C(=O)O. The van der Waals surface area contributed by atoms with Gasteiger partial charge in [0.2, 0.25) is 0 Å². The van der Waals surface area contributed by atoms with Gasteiger partial charge in [-0.3, -0.25) is 0 Å². The van der Waals surface area contributed by atoms with Gasteiger partial charge in [0.15, 0.2) is 0 Å². The van der Waals surface area contributed by atoms with Crippen LogP contribution < -0.4 is 0 Å². The van der Waals surface area contributed by atoms with E-state index in [0.29, 0.717) is 6.42 Å². The van der Waals surface area contributed by atoms with Crippen LogP contribution in [0.4, 0.5) is 0 Å². The minimum atomic E-state index is -0.899. The molecule has 1 unspecified atom stereocenters. The Bertz CT molecular complexity index is 170. The highest BCUT2D eigenvalue weighted by Gasteiger charge is 2.18. The highest BCUT2D eigenvalue weighted by Crippen LogP contribution is 2.18. The third kappa shape index (κ3) is 2.35. The maximum absolute atomic E-state index is 10.3. The third-order valence-corrected chi connectivity index (χ3v) is 1.86. The van der Waals surface area contributed by atoms with Crippen LogP contribution >= 0.6 is 0 Å². The number of rotatable bonds is 4. The number of ether oxygens (including phenoxy) is 1. The van der Waals surface area contributed by atoms with Crippen molar-refractivity contribution >= 4 is 5.97 Å². The Hall–Kier alpha value is -0.830. The second kappa shape index (κ2) is 3.53. The second-order valence-electron chi connectivity index (χ2n) is 2.73. The molecule has 1 heterocycles. The van der Waals surface area contributed by atoms with Gasteiger partial charge in [-0.15, -0.1) is 0 Å². The number of hydrogen-bond acceptors (Lipinski definition) is 2. The Morgan fingerprint density at radius 1 is 1.73 bits per heavy atom. The largest absolute Gasteiger partial charge is 0.478 e. The lowest BCUT2D eigenvalue weighted by molar-refractivity contribution is -0.132. The van der Waals surface area contributed by atoms with E-state index < -0.39 is 5.97 Å². The van der Waals surface area contributed by atoms with Crippen LogP contribution in [0, 0.1) is 0 Å². The van der Waals surface area contributed by atoms with Gasteiger partial charge in [0.1, 0.15) is 0 Å². The maximum atomic E-state index is 10.3. The van der Waals surface area contributed by atoms with Gasteiger partial charge in [0, 0.05) is 12.2 Å². The standard InChI is InChI=1S/C8H12O3/c1-6(8(9)10)2-3-7-4-5-11-7/h7H,1-5H2,(H,9,10). The fourth-order valence-electron chi connectivity index (χ4n) is 0.954. The molecule has 3 nitrogen and oxygen atoms in total. The van der Waals surface area contributed by atoms with Crippen LogP contribution in [-0.4, -0.2) is 23.8 Å². The van der Waals surface area contributed by atoms with Crippen LogP contribution in [0.25, 0.3) is 0 Å². The summed E-state index contributed by atoms with van der Waals surface area (Å²) >= 11 is 0. The van der Waals surface area contributed by atoms with Gasteiger partial charge in [-0.2, -0.15) is 0 Å². The molecule has 1 rings (SSSR count). The Kier molecular flexibility index (Phi) is 2.65. The molecule has 1 N–H and O–H groups in total. The van der Waals surface area contributed by atoms with E-state index in [1.165, 1.54) is 0 Å². The summed E-state index contributed by atoms with van der Waals surface area (Å²) in [5, 5.41) is 8.45. The van der Waals surface area contributed by atoms with Gasteiger partial charge in [0.25, 0.3) is 0 Å². The Labute approximate surface area is 65.7 Å². The first-order chi connectivity index (χ1) is 5.20. The van der Waals surface area contributed by atoms with Crippen LogP contribution in [0.3, 0.4) is 0 Å². The normalized spacial score (nSPS) is 22.4. The van der Waals surface area contributed by atoms with E-state index >= 15 is 0 Å². The van der Waals surface area contributed by atoms with Crippen LogP contribution in [0.15, 0.2) is 12.2 Å². The predicted molar refractivity (Wildman–Crippen MR) is 40.4 cm³/mol. The van der Waals surface area contributed by atoms with E-state index in [1.807, 2.05) is 0 Å². The zero-order valence-corrected chi connectivity index (χ0v) is 6.38. The van der Waals surface area contributed by atoms with E-state index in [1.54, 1.807) is 0 Å². The molecular weight excluding hydrogens is 144 g/mol. The molecule has 1 atom stereocenters. The van der Waals surface area contributed by atoms with Gasteiger partial charge < -0.3 is 9.84 Å². The van der Waals surface area contributed by atoms with Gasteiger partial charge in [0.05, 0.1) is 6.10 Å². The van der Waals surface area contributed by atoms with E-state index in [-0.39, 0.29) is 11.7 Å². The van der Waals surface area contributed by atoms with Crippen LogP contribution in [0.2, 0.25) is 0 Å². The highest BCUT2D eigenvalue weighted by molar-refractivity contribution is 5.85. The molecule has 1 aliphatic rings. The van der Waals surface area contributed by atoms with Crippen molar-refractivity contribution in [1.82, 2.24) is 0 Å². The molecule has 1 saturated heterocycles. The molecule has 11 heavy (non-hydrogen) atoms. The lowest BCUT2D eigenvalue weighted by Gasteiger charge is -2.26. The molecule has 0 saturated carbocycles. The monoisotopic (exact) mass is 156 g/mol. The molecule has 0 amide bonds. The van der Waals surface area contributed by atoms with Crippen molar-refractivity contribution < 1.29 is 14.6 Å². The Morgan fingerprint density at radius 2 is 2.36 bits per heavy atom. The zero-order valence-electron chi connectivity index (χ0n) is 6.38. The summed E-state index contributed by atoms with van der Waals surface area (Å²) in [7, 11) is 0. The molecule has 3 heteroatoms. The van der Waals surface area contributed by atoms with Crippen molar-refractivity contribution in [3.63, 3.8) is 0 Å². The van der Waals surface area contributed by atoms with Crippen molar-refractivity contribution in [2.45, 2.75) is 25.4 Å². The lowest BCUT2D eigenvalue weighted by Crippen LogP contribution is -2.26. The summed E-state index contributed by atoms with van der Waals surface area (Å²) in [6, 6.07) is 0. The quantitative estimate of drug-likeness (QED) is 0.622. The van der Waals surface area contributed by atoms with Gasteiger partial charge in [-0.25, -0.2) is 4.79 Å². The molecule has 0 aliphatic carbocycles. The molecule has 1 fully saturated rings. The highest BCUT2D eigenvalue weighted by atomic mass is 16.5. The molecule has 0 aromatic carbocycles. The first-order valence-corrected chi connectivity index (χ1v) is 3.73. The van der Waals surface area contributed by atoms with Crippen LogP contribution in [0.5, 0.6) is 0 Å². The molecule has 0 aromatic heterocycles. The van der Waals surface area contributed by atoms with E-state index in [0.717, 1.165) is 19.4 Å². The van der Waals surface area contributed by atoms with Gasteiger partial charge in [-0.05, 0) is 19.3 Å². The minimum Gasteiger partial charge on any atom is -0.478 e. The second-order valence-corrected chi connectivity index (χ2v) is 2.73. The molecule has 0 radical (unpaired) electrons. The predicted octanol–water partition coefficient (Wildman–Crippen LogP) is 1.20. The van der Waals surface area contributed by atoms with Crippen molar-refractivity contribution in [3.8, 4) is 0 Å². The summed E-state index contributed by atoms with van der Waals surface area (Å²) in [6.07, 6.45) is 2.68. The van der Waals surface area contributed by atoms with Crippen LogP contribution in [0.1, 0.15) is 19.3 Å². The molecule has 0 spiro atoms. The van der Waals surface area contributed by atoms with E-state index in [4.69, 9.17) is 9.84 Å². The van der Waals surface area contributed by atoms with E-state index in [2.05, 4.69) is 6.58 Å². The maximum Gasteiger partial charge on any atom is 0.330 e. The molecule has 0 bridgehead atoms. The first-order valence-electron chi connectivity index (χ1n) is 3.73. The van der Waals surface area contributed by atoms with Gasteiger partial charge in [-0.1, -0.05) is 6.58 Å². The number of hydrogen-bond donors (Lipinski definition) is 1. The van der Waals surface area contributed by atoms with E-state index in [9.17, 15) is 4.79 Å². The zero-order chi connectivity index (χ0) is 8.27. The minimum absolute atomic E-state index is 0.278. The fraction of sp³-hybridized carbons (Fsp3) is 0.625. The summed E-state index contributed by atoms with van der Waals surface area (Å²) in [4.78, 5) is 10.3. The first kappa shape index (κ1) is 8.27. The number of carboxylic acid groups (broad SMARTS) is 1. The Morgan fingerprint density at radius 3 is 2.73 bits per heavy atom. The van der Waals surface area contributed by atoms with Crippen molar-refractivity contribution in [2.75, 3.05) is 6.61 Å². The summed E-state index contributed by atoms with van der Waals surface area (Å²) < 4.78 is 5.13. The molecular formula is C8H12O3. The van der Waals surface area contributed by atoms with Crippen LogP contribution in [-0.2, 0) is 9.53 Å². The number of carbonyl (C=O) groups is 1. The number of aliphatic carboxylic acids is 1. The average Bonchev–Trinajstić information content (AvgIpc) is 1.83. The summed E-state index contributed by atoms with van der Waals surface area (Å²) in [5.74, 6) is -0.899. The molecule has 1 aliphatic heterocycles. The summed E-state index contributed by atoms with van der Waals surface area (Å²) in [6.45, 7) is 4.25. The third-order valence-electron chi connectivity index (χ3n) is 1.86. The molecule has 62 valence electrons. The van der Waals surface area contributed by atoms with Crippen molar-refractivity contribution in [1.29, 1.82) is 0 Å². The van der Waals surface area contributed by atoms with Crippen molar-refractivity contribution in [3.05, 3.63) is 12.2 Å². The van der Waals surface area contributed by atoms with Crippen molar-refractivity contribution in [2.24, 2.45) is 0 Å². The topological polar surface area (TPSA) is 46.5 Å². The lowest BCUT2D eigenvalue weighted by atomic mass is 10.0. The smallest absolute Gasteiger partial charge is 0.330 e. The Balaban J connectivity index is 2.10. The fourth-order valence-corrected chi connectivity index (χ4v) is 0.954. The summed E-state index contributed by atoms with van der Waals surface area (Å²) in [5.41, 5.74) is 0.278. The number of carboxylic acids is 1. The molecule has 0 aromatic rings. The average molecular weight is 156 g/mol. The van der Waals surface area contributed by atoms with Gasteiger partial charge >= 0.3 is 5.97 Å².